The normalized spacial score (nSPS) is 11.0. The molecule has 124 valence electrons. The zero-order chi connectivity index (χ0) is 17.3. The second-order valence-corrected chi connectivity index (χ2v) is 5.63. The van der Waals surface area contributed by atoms with Crippen LogP contribution in [0.25, 0.3) is 16.9 Å². The zero-order valence-electron chi connectivity index (χ0n) is 13.7. The number of aromatic nitrogens is 4. The second kappa shape index (κ2) is 6.15. The monoisotopic (exact) mass is 326 g/mol. The average Bonchev–Trinajstić information content (AvgIpc) is 2.92. The molecule has 3 heterocycles. The third kappa shape index (κ3) is 3.12. The van der Waals surface area contributed by atoms with Gasteiger partial charge in [0, 0.05) is 25.0 Å². The lowest BCUT2D eigenvalue weighted by Gasteiger charge is -2.18. The number of nitrogens with zero attached hydrogens (tertiary/aromatic N) is 5. The van der Waals surface area contributed by atoms with Gasteiger partial charge in [0.1, 0.15) is 5.82 Å². The fourth-order valence-corrected chi connectivity index (χ4v) is 2.21. The summed E-state index contributed by atoms with van der Waals surface area (Å²) in [6, 6.07) is 1.82. The molecule has 0 spiro atoms. The van der Waals surface area contributed by atoms with Crippen molar-refractivity contribution in [3.05, 3.63) is 37.1 Å². The number of rotatable bonds is 3. The van der Waals surface area contributed by atoms with E-state index in [9.17, 15) is 4.79 Å². The SMILES string of the molecule is CC(C)OC(=O)N(C)c1cncc(-c2cn3cc(N)nc3cn2)c1. The van der Waals surface area contributed by atoms with Crippen LogP contribution in [0.2, 0.25) is 0 Å². The lowest BCUT2D eigenvalue weighted by Crippen LogP contribution is -2.29. The minimum Gasteiger partial charge on any atom is -0.446 e. The number of anilines is 2. The van der Waals surface area contributed by atoms with Crippen molar-refractivity contribution >= 4 is 23.2 Å². The summed E-state index contributed by atoms with van der Waals surface area (Å²) in [7, 11) is 1.64. The van der Waals surface area contributed by atoms with Gasteiger partial charge in [-0.15, -0.1) is 0 Å². The van der Waals surface area contributed by atoms with E-state index < -0.39 is 6.09 Å². The van der Waals surface area contributed by atoms with Crippen LogP contribution in [-0.2, 0) is 4.74 Å². The molecular formula is C16H18N6O2. The predicted octanol–water partition coefficient (Wildman–Crippen LogP) is 2.35. The molecule has 0 aliphatic rings. The Hall–Kier alpha value is -3.16. The maximum Gasteiger partial charge on any atom is 0.414 e. The molecule has 0 saturated carbocycles. The lowest BCUT2D eigenvalue weighted by molar-refractivity contribution is 0.124. The van der Waals surface area contributed by atoms with Crippen LogP contribution in [0.3, 0.4) is 0 Å². The topological polar surface area (TPSA) is 98.6 Å². The second-order valence-electron chi connectivity index (χ2n) is 5.63. The number of ether oxygens (including phenoxy) is 1. The fourth-order valence-electron chi connectivity index (χ4n) is 2.21. The van der Waals surface area contributed by atoms with Crippen molar-refractivity contribution in [3.63, 3.8) is 0 Å². The quantitative estimate of drug-likeness (QED) is 0.793. The van der Waals surface area contributed by atoms with Gasteiger partial charge in [-0.1, -0.05) is 0 Å². The Morgan fingerprint density at radius 2 is 2.08 bits per heavy atom. The molecule has 0 aliphatic carbocycles. The maximum atomic E-state index is 12.0. The van der Waals surface area contributed by atoms with Crippen molar-refractivity contribution in [1.29, 1.82) is 0 Å². The highest BCUT2D eigenvalue weighted by Gasteiger charge is 2.15. The third-order valence-corrected chi connectivity index (χ3v) is 3.38. The zero-order valence-corrected chi connectivity index (χ0v) is 13.7. The highest BCUT2D eigenvalue weighted by molar-refractivity contribution is 5.87. The Morgan fingerprint density at radius 1 is 1.29 bits per heavy atom. The molecular weight excluding hydrogens is 308 g/mol. The lowest BCUT2D eigenvalue weighted by atomic mass is 10.2. The van der Waals surface area contributed by atoms with Gasteiger partial charge >= 0.3 is 6.09 Å². The Morgan fingerprint density at radius 3 is 2.83 bits per heavy atom. The number of carbonyl (C=O) groups is 1. The standard InChI is InChI=1S/C16H18N6O2/c1-10(2)24-16(23)21(3)12-4-11(5-18-6-12)13-8-22-9-14(17)20-15(22)7-19-13/h4-10H,17H2,1-3H3. The molecule has 0 bridgehead atoms. The van der Waals surface area contributed by atoms with Crippen LogP contribution in [0.1, 0.15) is 13.8 Å². The number of nitrogens with two attached hydrogens (primary N) is 1. The number of amides is 1. The number of fused-ring (bicyclic) bond motifs is 1. The maximum absolute atomic E-state index is 12.0. The summed E-state index contributed by atoms with van der Waals surface area (Å²) in [6.45, 7) is 3.60. The molecule has 2 N–H and O–H groups in total. The van der Waals surface area contributed by atoms with Crippen LogP contribution in [0.4, 0.5) is 16.3 Å². The van der Waals surface area contributed by atoms with Crippen molar-refractivity contribution in [2.24, 2.45) is 0 Å². The average molecular weight is 326 g/mol. The Kier molecular flexibility index (Phi) is 4.03. The van der Waals surface area contributed by atoms with Crippen LogP contribution in [-0.4, -0.2) is 38.6 Å². The van der Waals surface area contributed by atoms with E-state index in [2.05, 4.69) is 15.0 Å². The Labute approximate surface area is 138 Å². The minimum absolute atomic E-state index is 0.188. The number of imidazole rings is 1. The van der Waals surface area contributed by atoms with E-state index in [-0.39, 0.29) is 6.10 Å². The van der Waals surface area contributed by atoms with E-state index in [0.717, 1.165) is 5.56 Å². The van der Waals surface area contributed by atoms with Crippen LogP contribution in [0.5, 0.6) is 0 Å². The summed E-state index contributed by atoms with van der Waals surface area (Å²) < 4.78 is 6.98. The minimum atomic E-state index is -0.435. The highest BCUT2D eigenvalue weighted by Crippen LogP contribution is 2.22. The van der Waals surface area contributed by atoms with Gasteiger partial charge in [-0.25, -0.2) is 9.78 Å². The van der Waals surface area contributed by atoms with E-state index >= 15 is 0 Å². The molecule has 8 nitrogen and oxygen atoms in total. The van der Waals surface area contributed by atoms with Crippen LogP contribution >= 0.6 is 0 Å². The smallest absolute Gasteiger partial charge is 0.414 e. The number of hydrogen-bond acceptors (Lipinski definition) is 6. The summed E-state index contributed by atoms with van der Waals surface area (Å²) >= 11 is 0. The van der Waals surface area contributed by atoms with Crippen molar-refractivity contribution in [1.82, 2.24) is 19.4 Å². The molecule has 3 aromatic rings. The van der Waals surface area contributed by atoms with E-state index in [1.165, 1.54) is 4.90 Å². The Bertz CT molecular complexity index is 889. The van der Waals surface area contributed by atoms with E-state index in [0.29, 0.717) is 22.8 Å². The van der Waals surface area contributed by atoms with Gasteiger partial charge in [-0.3, -0.25) is 14.9 Å². The largest absolute Gasteiger partial charge is 0.446 e. The van der Waals surface area contributed by atoms with Crippen LogP contribution in [0.15, 0.2) is 37.1 Å². The van der Waals surface area contributed by atoms with Gasteiger partial charge in [0.15, 0.2) is 5.65 Å². The molecule has 1 amide bonds. The van der Waals surface area contributed by atoms with E-state index in [1.54, 1.807) is 50.1 Å². The van der Waals surface area contributed by atoms with Crippen molar-refractivity contribution in [3.8, 4) is 11.3 Å². The summed E-state index contributed by atoms with van der Waals surface area (Å²) in [5.74, 6) is 0.428. The number of carbonyl (C=O) groups excluding carboxylic acids is 1. The first-order valence-electron chi connectivity index (χ1n) is 7.44. The first-order valence-corrected chi connectivity index (χ1v) is 7.44. The summed E-state index contributed by atoms with van der Waals surface area (Å²) in [4.78, 5) is 26.1. The van der Waals surface area contributed by atoms with Crippen molar-refractivity contribution in [2.45, 2.75) is 20.0 Å². The highest BCUT2D eigenvalue weighted by atomic mass is 16.6. The Balaban J connectivity index is 1.92. The summed E-state index contributed by atoms with van der Waals surface area (Å²) in [5, 5.41) is 0. The molecule has 0 radical (unpaired) electrons. The molecule has 24 heavy (non-hydrogen) atoms. The third-order valence-electron chi connectivity index (χ3n) is 3.38. The number of hydrogen-bond donors (Lipinski definition) is 1. The molecule has 0 atom stereocenters. The van der Waals surface area contributed by atoms with Crippen molar-refractivity contribution in [2.75, 3.05) is 17.7 Å². The molecule has 3 aromatic heterocycles. The fraction of sp³-hybridized carbons (Fsp3) is 0.250. The van der Waals surface area contributed by atoms with Gasteiger partial charge in [-0.05, 0) is 19.9 Å². The summed E-state index contributed by atoms with van der Waals surface area (Å²) in [6.07, 6.45) is 7.81. The molecule has 3 rings (SSSR count). The molecule has 0 unspecified atom stereocenters. The predicted molar refractivity (Wildman–Crippen MR) is 90.7 cm³/mol. The van der Waals surface area contributed by atoms with E-state index in [4.69, 9.17) is 10.5 Å². The van der Waals surface area contributed by atoms with Gasteiger partial charge in [-0.2, -0.15) is 0 Å². The summed E-state index contributed by atoms with van der Waals surface area (Å²) in [5.41, 5.74) is 8.43. The van der Waals surface area contributed by atoms with Crippen molar-refractivity contribution < 1.29 is 9.53 Å². The van der Waals surface area contributed by atoms with Gasteiger partial charge in [0.2, 0.25) is 0 Å². The first kappa shape index (κ1) is 15.7. The van der Waals surface area contributed by atoms with Gasteiger partial charge in [0.25, 0.3) is 0 Å². The van der Waals surface area contributed by atoms with E-state index in [1.807, 2.05) is 12.3 Å². The molecule has 0 aromatic carbocycles. The number of pyridine rings is 1. The molecule has 0 saturated heterocycles. The molecule has 8 heteroatoms. The van der Waals surface area contributed by atoms with Crippen LogP contribution < -0.4 is 10.6 Å². The molecule has 0 fully saturated rings. The van der Waals surface area contributed by atoms with Gasteiger partial charge in [0.05, 0.1) is 36.1 Å². The first-order chi connectivity index (χ1) is 11.4. The number of nitrogen functional groups attached to an aromatic ring is 1. The van der Waals surface area contributed by atoms with Crippen LogP contribution in [0, 0.1) is 0 Å². The molecule has 0 aliphatic heterocycles. The van der Waals surface area contributed by atoms with Gasteiger partial charge < -0.3 is 14.9 Å².